The number of amides is 1. The van der Waals surface area contributed by atoms with E-state index < -0.39 is 5.78 Å². The molecule has 1 fully saturated rings. The van der Waals surface area contributed by atoms with Crippen LogP contribution in [-0.4, -0.2) is 18.0 Å². The number of carbonyl (C=O) groups is 3. The lowest BCUT2D eigenvalue weighted by Gasteiger charge is -2.10. The Balaban J connectivity index is 1.65. The SMILES string of the molecule is O=CC(=O)/C(=C/c1ccc(Oc2ccc(F)cc2Br)cc1)NC(=O)CCC1CCCC1. The molecule has 3 rings (SSSR count). The van der Waals surface area contributed by atoms with Gasteiger partial charge in [0.15, 0.2) is 6.29 Å². The minimum atomic E-state index is -0.787. The average Bonchev–Trinajstić information content (AvgIpc) is 3.28. The zero-order valence-corrected chi connectivity index (χ0v) is 18.5. The molecule has 0 aliphatic heterocycles. The van der Waals surface area contributed by atoms with Gasteiger partial charge in [-0.2, -0.15) is 0 Å². The molecule has 1 saturated carbocycles. The summed E-state index contributed by atoms with van der Waals surface area (Å²) in [4.78, 5) is 35.2. The Morgan fingerprint density at radius 1 is 1.13 bits per heavy atom. The van der Waals surface area contributed by atoms with Gasteiger partial charge in [0.2, 0.25) is 11.7 Å². The van der Waals surface area contributed by atoms with Gasteiger partial charge in [-0.05, 0) is 70.2 Å². The Morgan fingerprint density at radius 2 is 1.84 bits per heavy atom. The fraction of sp³-hybridized carbons (Fsp3) is 0.292. The van der Waals surface area contributed by atoms with E-state index >= 15 is 0 Å². The number of aldehydes is 1. The first-order valence-electron chi connectivity index (χ1n) is 10.2. The number of allylic oxidation sites excluding steroid dienone is 1. The van der Waals surface area contributed by atoms with E-state index in [0.717, 1.165) is 19.3 Å². The Labute approximate surface area is 188 Å². The molecule has 1 aliphatic carbocycles. The van der Waals surface area contributed by atoms with Crippen molar-refractivity contribution in [2.45, 2.75) is 38.5 Å². The van der Waals surface area contributed by atoms with Crippen LogP contribution < -0.4 is 10.1 Å². The molecule has 162 valence electrons. The van der Waals surface area contributed by atoms with Gasteiger partial charge in [-0.3, -0.25) is 14.4 Å². The molecule has 2 aromatic carbocycles. The van der Waals surface area contributed by atoms with Crippen molar-refractivity contribution in [3.63, 3.8) is 0 Å². The summed E-state index contributed by atoms with van der Waals surface area (Å²) in [6.07, 6.45) is 7.47. The van der Waals surface area contributed by atoms with Gasteiger partial charge < -0.3 is 10.1 Å². The van der Waals surface area contributed by atoms with Crippen molar-refractivity contribution in [2.24, 2.45) is 5.92 Å². The molecule has 0 spiro atoms. The first-order valence-corrected chi connectivity index (χ1v) is 11.0. The number of carbonyl (C=O) groups excluding carboxylic acids is 3. The number of ketones is 1. The van der Waals surface area contributed by atoms with Crippen molar-refractivity contribution in [3.8, 4) is 11.5 Å². The van der Waals surface area contributed by atoms with Crippen LogP contribution in [0.25, 0.3) is 6.08 Å². The molecule has 0 atom stereocenters. The Morgan fingerprint density at radius 3 is 2.48 bits per heavy atom. The molecule has 1 amide bonds. The van der Waals surface area contributed by atoms with Crippen LogP contribution in [0, 0.1) is 11.7 Å². The maximum Gasteiger partial charge on any atom is 0.241 e. The summed E-state index contributed by atoms with van der Waals surface area (Å²) < 4.78 is 19.4. The van der Waals surface area contributed by atoms with Crippen LogP contribution in [0.15, 0.2) is 52.6 Å². The molecule has 5 nitrogen and oxygen atoms in total. The number of halogens is 2. The summed E-state index contributed by atoms with van der Waals surface area (Å²) in [5, 5.41) is 2.58. The summed E-state index contributed by atoms with van der Waals surface area (Å²) in [7, 11) is 0. The van der Waals surface area contributed by atoms with Gasteiger partial charge in [0, 0.05) is 6.42 Å². The smallest absolute Gasteiger partial charge is 0.241 e. The molecule has 0 radical (unpaired) electrons. The first kappa shape index (κ1) is 22.9. The van der Waals surface area contributed by atoms with Crippen LogP contribution in [0.5, 0.6) is 11.5 Å². The van der Waals surface area contributed by atoms with E-state index in [4.69, 9.17) is 4.74 Å². The van der Waals surface area contributed by atoms with E-state index in [1.54, 1.807) is 24.3 Å². The topological polar surface area (TPSA) is 72.5 Å². The lowest BCUT2D eigenvalue weighted by atomic mass is 10.0. The van der Waals surface area contributed by atoms with Crippen molar-refractivity contribution in [2.75, 3.05) is 0 Å². The molecule has 2 aromatic rings. The molecular weight excluding hydrogens is 465 g/mol. The molecule has 0 unspecified atom stereocenters. The summed E-state index contributed by atoms with van der Waals surface area (Å²) in [6, 6.07) is 10.8. The van der Waals surface area contributed by atoms with Crippen molar-refractivity contribution < 1.29 is 23.5 Å². The van der Waals surface area contributed by atoms with E-state index in [9.17, 15) is 18.8 Å². The van der Waals surface area contributed by atoms with Gasteiger partial charge in [0.1, 0.15) is 17.3 Å². The molecular formula is C24H23BrFNO4. The highest BCUT2D eigenvalue weighted by molar-refractivity contribution is 9.10. The Hall–Kier alpha value is -2.80. The highest BCUT2D eigenvalue weighted by Gasteiger charge is 2.18. The van der Waals surface area contributed by atoms with Crippen LogP contribution in [0.3, 0.4) is 0 Å². The third-order valence-corrected chi connectivity index (χ3v) is 5.83. The number of benzene rings is 2. The van der Waals surface area contributed by atoms with E-state index in [-0.39, 0.29) is 23.7 Å². The highest BCUT2D eigenvalue weighted by atomic mass is 79.9. The number of hydrogen-bond acceptors (Lipinski definition) is 4. The van der Waals surface area contributed by atoms with Crippen molar-refractivity contribution in [1.82, 2.24) is 5.32 Å². The first-order chi connectivity index (χ1) is 14.9. The molecule has 0 bridgehead atoms. The summed E-state index contributed by atoms with van der Waals surface area (Å²) in [6.45, 7) is 0. The number of nitrogens with one attached hydrogen (secondary N) is 1. The molecule has 31 heavy (non-hydrogen) atoms. The molecule has 0 aromatic heterocycles. The molecule has 1 aliphatic rings. The largest absolute Gasteiger partial charge is 0.456 e. The van der Waals surface area contributed by atoms with E-state index in [2.05, 4.69) is 21.2 Å². The summed E-state index contributed by atoms with van der Waals surface area (Å²) in [5.74, 6) is 0.0922. The number of ether oxygens (including phenoxy) is 1. The van der Waals surface area contributed by atoms with E-state index in [1.165, 1.54) is 37.1 Å². The second-order valence-corrected chi connectivity index (χ2v) is 8.38. The average molecular weight is 488 g/mol. The zero-order valence-electron chi connectivity index (χ0n) is 16.9. The molecule has 0 saturated heterocycles. The quantitative estimate of drug-likeness (QED) is 0.284. The Bertz CT molecular complexity index is 982. The highest BCUT2D eigenvalue weighted by Crippen LogP contribution is 2.30. The Kier molecular flexibility index (Phi) is 8.12. The minimum absolute atomic E-state index is 0.0543. The van der Waals surface area contributed by atoms with Gasteiger partial charge in [-0.25, -0.2) is 4.39 Å². The predicted molar refractivity (Wildman–Crippen MR) is 119 cm³/mol. The standard InChI is InChI=1S/C24H23BrFNO4/c25-20-14-18(26)8-11-23(20)31-19-9-5-17(6-10-19)13-21(22(29)15-28)27-24(30)12-7-16-3-1-2-4-16/h5-6,8-11,13-16H,1-4,7,12H2,(H,27,30)/b21-13-. The van der Waals surface area contributed by atoms with E-state index in [0.29, 0.717) is 33.9 Å². The van der Waals surface area contributed by atoms with E-state index in [1.807, 2.05) is 0 Å². The fourth-order valence-electron chi connectivity index (χ4n) is 3.56. The number of hydrogen-bond donors (Lipinski definition) is 1. The summed E-state index contributed by atoms with van der Waals surface area (Å²) >= 11 is 3.25. The minimum Gasteiger partial charge on any atom is -0.456 e. The maximum absolute atomic E-state index is 13.2. The zero-order chi connectivity index (χ0) is 22.2. The van der Waals surface area contributed by atoms with Gasteiger partial charge in [0.25, 0.3) is 0 Å². The normalized spacial score (nSPS) is 14.3. The lowest BCUT2D eigenvalue weighted by Crippen LogP contribution is -2.28. The molecule has 1 N–H and O–H groups in total. The van der Waals surface area contributed by atoms with Crippen LogP contribution in [0.1, 0.15) is 44.1 Å². The third-order valence-electron chi connectivity index (χ3n) is 5.21. The number of Topliss-reactive ketones (excluding diaryl/α,β-unsaturated/α-hetero) is 1. The second kappa shape index (κ2) is 11.0. The van der Waals surface area contributed by atoms with Crippen LogP contribution >= 0.6 is 15.9 Å². The van der Waals surface area contributed by atoms with Gasteiger partial charge in [-0.15, -0.1) is 0 Å². The summed E-state index contributed by atoms with van der Waals surface area (Å²) in [5.41, 5.74) is 0.563. The van der Waals surface area contributed by atoms with Crippen LogP contribution in [-0.2, 0) is 14.4 Å². The van der Waals surface area contributed by atoms with Gasteiger partial charge in [-0.1, -0.05) is 37.8 Å². The number of rotatable bonds is 9. The molecule has 0 heterocycles. The van der Waals surface area contributed by atoms with Crippen molar-refractivity contribution >= 4 is 40.0 Å². The molecule has 7 heteroatoms. The fourth-order valence-corrected chi connectivity index (χ4v) is 3.99. The van der Waals surface area contributed by atoms with Gasteiger partial charge >= 0.3 is 0 Å². The maximum atomic E-state index is 13.2. The predicted octanol–water partition coefficient (Wildman–Crippen LogP) is 5.58. The van der Waals surface area contributed by atoms with Crippen LogP contribution in [0.4, 0.5) is 4.39 Å². The van der Waals surface area contributed by atoms with Crippen molar-refractivity contribution in [1.29, 1.82) is 0 Å². The second-order valence-electron chi connectivity index (χ2n) is 7.52. The van der Waals surface area contributed by atoms with Crippen LogP contribution in [0.2, 0.25) is 0 Å². The lowest BCUT2D eigenvalue weighted by molar-refractivity contribution is -0.128. The van der Waals surface area contributed by atoms with Gasteiger partial charge in [0.05, 0.1) is 10.2 Å². The monoisotopic (exact) mass is 487 g/mol. The van der Waals surface area contributed by atoms with Crippen molar-refractivity contribution in [3.05, 3.63) is 64.0 Å². The third kappa shape index (κ3) is 6.85.